The van der Waals surface area contributed by atoms with E-state index in [2.05, 4.69) is 29.5 Å². The van der Waals surface area contributed by atoms with Gasteiger partial charge in [0.1, 0.15) is 0 Å². The van der Waals surface area contributed by atoms with Crippen molar-refractivity contribution in [3.8, 4) is 0 Å². The van der Waals surface area contributed by atoms with Crippen molar-refractivity contribution in [3.63, 3.8) is 0 Å². The van der Waals surface area contributed by atoms with Crippen LogP contribution in [0.2, 0.25) is 0 Å². The summed E-state index contributed by atoms with van der Waals surface area (Å²) in [5.74, 6) is 0.844. The molecule has 0 aromatic heterocycles. The van der Waals surface area contributed by atoms with Crippen molar-refractivity contribution >= 4 is 5.91 Å². The van der Waals surface area contributed by atoms with Gasteiger partial charge in [-0.15, -0.1) is 0 Å². The highest BCUT2D eigenvalue weighted by molar-refractivity contribution is 5.75. The molecule has 2 N–H and O–H groups in total. The van der Waals surface area contributed by atoms with Crippen LogP contribution in [-0.2, 0) is 4.79 Å². The summed E-state index contributed by atoms with van der Waals surface area (Å²) in [5, 5.41) is 6.21. The molecule has 1 rings (SSSR count). The second kappa shape index (κ2) is 6.86. The Morgan fingerprint density at radius 3 is 2.88 bits per heavy atom. The van der Waals surface area contributed by atoms with Crippen LogP contribution < -0.4 is 10.6 Å². The number of hydrogen-bond donors (Lipinski definition) is 2. The number of nitrogens with zero attached hydrogens (tertiary/aromatic N) is 1. The Balaban J connectivity index is 2.11. The average molecular weight is 227 g/mol. The molecular formula is C12H25N3O. The van der Waals surface area contributed by atoms with Crippen molar-refractivity contribution in [1.29, 1.82) is 0 Å². The molecule has 1 aliphatic rings. The minimum Gasteiger partial charge on any atom is -0.359 e. The number of carbonyl (C=O) groups is 1. The summed E-state index contributed by atoms with van der Waals surface area (Å²) in [6.07, 6.45) is 2.78. The molecule has 1 aliphatic heterocycles. The number of piperidine rings is 1. The van der Waals surface area contributed by atoms with Gasteiger partial charge in [0.15, 0.2) is 0 Å². The standard InChI is InChI=1S/C12H25N3O/c1-10-9-15(3)8-6-11(10)14-7-4-5-12(16)13-2/h10-11,14H,4-9H2,1-3H3,(H,13,16). The Morgan fingerprint density at radius 2 is 2.25 bits per heavy atom. The predicted octanol–water partition coefficient (Wildman–Crippen LogP) is 0.442. The molecule has 1 amide bonds. The van der Waals surface area contributed by atoms with E-state index in [0.717, 1.165) is 13.0 Å². The van der Waals surface area contributed by atoms with Crippen LogP contribution in [0, 0.1) is 5.92 Å². The Kier molecular flexibility index (Phi) is 5.77. The zero-order valence-corrected chi connectivity index (χ0v) is 10.8. The summed E-state index contributed by atoms with van der Waals surface area (Å²) in [6, 6.07) is 0.626. The highest BCUT2D eigenvalue weighted by atomic mass is 16.1. The second-order valence-corrected chi connectivity index (χ2v) is 4.87. The van der Waals surface area contributed by atoms with Crippen molar-refractivity contribution < 1.29 is 4.79 Å². The molecule has 1 heterocycles. The highest BCUT2D eigenvalue weighted by Crippen LogP contribution is 2.15. The van der Waals surface area contributed by atoms with Gasteiger partial charge >= 0.3 is 0 Å². The van der Waals surface area contributed by atoms with Gasteiger partial charge in [0.25, 0.3) is 0 Å². The molecule has 0 spiro atoms. The SMILES string of the molecule is CNC(=O)CCCNC1CCN(C)CC1C. The first kappa shape index (κ1) is 13.5. The molecule has 2 unspecified atom stereocenters. The van der Waals surface area contributed by atoms with Crippen molar-refractivity contribution in [3.05, 3.63) is 0 Å². The van der Waals surface area contributed by atoms with E-state index in [4.69, 9.17) is 0 Å². The van der Waals surface area contributed by atoms with E-state index < -0.39 is 0 Å². The Morgan fingerprint density at radius 1 is 1.50 bits per heavy atom. The van der Waals surface area contributed by atoms with Crippen LogP contribution in [0.15, 0.2) is 0 Å². The van der Waals surface area contributed by atoms with Gasteiger partial charge < -0.3 is 15.5 Å². The van der Waals surface area contributed by atoms with E-state index in [-0.39, 0.29) is 5.91 Å². The second-order valence-electron chi connectivity index (χ2n) is 4.87. The molecule has 94 valence electrons. The predicted molar refractivity (Wildman–Crippen MR) is 66.4 cm³/mol. The fourth-order valence-electron chi connectivity index (χ4n) is 2.32. The monoisotopic (exact) mass is 227 g/mol. The maximum absolute atomic E-state index is 11.0. The molecule has 0 saturated carbocycles. The molecular weight excluding hydrogens is 202 g/mol. The van der Waals surface area contributed by atoms with Crippen molar-refractivity contribution in [2.45, 2.75) is 32.2 Å². The minimum absolute atomic E-state index is 0.137. The summed E-state index contributed by atoms with van der Waals surface area (Å²) >= 11 is 0. The molecule has 16 heavy (non-hydrogen) atoms. The van der Waals surface area contributed by atoms with Gasteiger partial charge in [-0.05, 0) is 38.9 Å². The van der Waals surface area contributed by atoms with Crippen LogP contribution in [-0.4, -0.2) is 50.6 Å². The van der Waals surface area contributed by atoms with Crippen molar-refractivity contribution in [2.24, 2.45) is 5.92 Å². The number of amides is 1. The summed E-state index contributed by atoms with van der Waals surface area (Å²) in [7, 11) is 3.87. The normalized spacial score (nSPS) is 26.7. The number of nitrogens with one attached hydrogen (secondary N) is 2. The largest absolute Gasteiger partial charge is 0.359 e. The molecule has 0 aliphatic carbocycles. The van der Waals surface area contributed by atoms with Gasteiger partial charge in [-0.25, -0.2) is 0 Å². The molecule has 2 atom stereocenters. The zero-order chi connectivity index (χ0) is 12.0. The van der Waals surface area contributed by atoms with E-state index in [1.54, 1.807) is 7.05 Å². The summed E-state index contributed by atoms with van der Waals surface area (Å²) in [6.45, 7) is 5.60. The summed E-state index contributed by atoms with van der Waals surface area (Å²) < 4.78 is 0. The number of likely N-dealkylation sites (tertiary alicyclic amines) is 1. The molecule has 4 nitrogen and oxygen atoms in total. The first-order valence-corrected chi connectivity index (χ1v) is 6.26. The molecule has 0 bridgehead atoms. The van der Waals surface area contributed by atoms with Crippen LogP contribution in [0.3, 0.4) is 0 Å². The number of rotatable bonds is 5. The third-order valence-electron chi connectivity index (χ3n) is 3.37. The molecule has 0 radical (unpaired) electrons. The van der Waals surface area contributed by atoms with E-state index in [1.165, 1.54) is 19.5 Å². The van der Waals surface area contributed by atoms with Gasteiger partial charge in [0.2, 0.25) is 5.91 Å². The Hall–Kier alpha value is -0.610. The number of carbonyl (C=O) groups excluding carboxylic acids is 1. The van der Waals surface area contributed by atoms with E-state index in [1.807, 2.05) is 0 Å². The van der Waals surface area contributed by atoms with Crippen LogP contribution in [0.25, 0.3) is 0 Å². The van der Waals surface area contributed by atoms with Crippen LogP contribution >= 0.6 is 0 Å². The highest BCUT2D eigenvalue weighted by Gasteiger charge is 2.23. The van der Waals surface area contributed by atoms with Gasteiger partial charge in [-0.3, -0.25) is 4.79 Å². The van der Waals surface area contributed by atoms with Gasteiger partial charge in [0.05, 0.1) is 0 Å². The lowest BCUT2D eigenvalue weighted by atomic mass is 9.94. The molecule has 4 heteroatoms. The average Bonchev–Trinajstić information content (AvgIpc) is 2.26. The quantitative estimate of drug-likeness (QED) is 0.670. The number of hydrogen-bond acceptors (Lipinski definition) is 3. The Bertz CT molecular complexity index is 220. The van der Waals surface area contributed by atoms with E-state index in [9.17, 15) is 4.79 Å². The first-order valence-electron chi connectivity index (χ1n) is 6.26. The van der Waals surface area contributed by atoms with Crippen molar-refractivity contribution in [2.75, 3.05) is 33.7 Å². The Labute approximate surface area is 98.8 Å². The van der Waals surface area contributed by atoms with Crippen LogP contribution in [0.4, 0.5) is 0 Å². The van der Waals surface area contributed by atoms with Crippen LogP contribution in [0.5, 0.6) is 0 Å². The van der Waals surface area contributed by atoms with E-state index in [0.29, 0.717) is 18.4 Å². The fourth-order valence-corrected chi connectivity index (χ4v) is 2.32. The topological polar surface area (TPSA) is 44.4 Å². The molecule has 1 fully saturated rings. The minimum atomic E-state index is 0.137. The maximum atomic E-state index is 11.0. The fraction of sp³-hybridized carbons (Fsp3) is 0.917. The molecule has 1 saturated heterocycles. The smallest absolute Gasteiger partial charge is 0.219 e. The lowest BCUT2D eigenvalue weighted by Gasteiger charge is -2.35. The first-order chi connectivity index (χ1) is 7.63. The summed E-state index contributed by atoms with van der Waals surface area (Å²) in [5.41, 5.74) is 0. The molecule has 0 aromatic rings. The lowest BCUT2D eigenvalue weighted by molar-refractivity contribution is -0.120. The summed E-state index contributed by atoms with van der Waals surface area (Å²) in [4.78, 5) is 13.4. The van der Waals surface area contributed by atoms with Gasteiger partial charge in [-0.2, -0.15) is 0 Å². The van der Waals surface area contributed by atoms with Gasteiger partial charge in [-0.1, -0.05) is 6.92 Å². The van der Waals surface area contributed by atoms with E-state index >= 15 is 0 Å². The van der Waals surface area contributed by atoms with Gasteiger partial charge in [0, 0.05) is 26.1 Å². The van der Waals surface area contributed by atoms with Crippen LogP contribution in [0.1, 0.15) is 26.2 Å². The van der Waals surface area contributed by atoms with Crippen molar-refractivity contribution in [1.82, 2.24) is 15.5 Å². The third kappa shape index (κ3) is 4.49. The zero-order valence-electron chi connectivity index (χ0n) is 10.8. The lowest BCUT2D eigenvalue weighted by Crippen LogP contribution is -2.47. The molecule has 0 aromatic carbocycles. The maximum Gasteiger partial charge on any atom is 0.219 e. The third-order valence-corrected chi connectivity index (χ3v) is 3.37.